The van der Waals surface area contributed by atoms with Crippen LogP contribution in [-0.4, -0.2) is 36.5 Å². The van der Waals surface area contributed by atoms with Gasteiger partial charge in [0.1, 0.15) is 12.1 Å². The standard InChI is InChI=1S/C24H22F3N3O3S/c1-22(2,17-9-15(3-4-19(17)31)16-10-28-14-29-11-16)12-23(33,24(25,26)27)13-30-7-5-20(32)21-18(30)6-8-34-21/h3-11,14,31,33H,12-13H2,1-2H3. The van der Waals surface area contributed by atoms with Crippen molar-refractivity contribution >= 4 is 21.6 Å². The molecule has 0 fully saturated rings. The smallest absolute Gasteiger partial charge is 0.418 e. The van der Waals surface area contributed by atoms with Crippen LogP contribution in [0.4, 0.5) is 13.2 Å². The van der Waals surface area contributed by atoms with Crippen LogP contribution in [0.25, 0.3) is 21.3 Å². The summed E-state index contributed by atoms with van der Waals surface area (Å²) in [6.07, 6.45) is 0.0311. The minimum Gasteiger partial charge on any atom is -0.508 e. The largest absolute Gasteiger partial charge is 0.508 e. The van der Waals surface area contributed by atoms with Gasteiger partial charge in [0.05, 0.1) is 16.8 Å². The molecule has 0 aliphatic rings. The van der Waals surface area contributed by atoms with Crippen LogP contribution in [0.3, 0.4) is 0 Å². The van der Waals surface area contributed by atoms with E-state index in [4.69, 9.17) is 0 Å². The Morgan fingerprint density at radius 1 is 1.06 bits per heavy atom. The van der Waals surface area contributed by atoms with Crippen LogP contribution in [0.5, 0.6) is 5.75 Å². The molecule has 10 heteroatoms. The lowest BCUT2D eigenvalue weighted by Crippen LogP contribution is -2.52. The molecule has 0 radical (unpaired) electrons. The van der Waals surface area contributed by atoms with Crippen molar-refractivity contribution in [2.75, 3.05) is 0 Å². The number of rotatable bonds is 6. The van der Waals surface area contributed by atoms with Crippen LogP contribution < -0.4 is 5.43 Å². The Kier molecular flexibility index (Phi) is 5.99. The zero-order chi connectivity index (χ0) is 24.7. The molecule has 0 saturated carbocycles. The van der Waals surface area contributed by atoms with Gasteiger partial charge in [-0.25, -0.2) is 9.97 Å². The van der Waals surface area contributed by atoms with Crippen LogP contribution in [0.2, 0.25) is 0 Å². The average molecular weight is 490 g/mol. The quantitative estimate of drug-likeness (QED) is 0.403. The Balaban J connectivity index is 1.74. The fourth-order valence-electron chi connectivity index (χ4n) is 4.22. The van der Waals surface area contributed by atoms with E-state index >= 15 is 0 Å². The zero-order valence-corrected chi connectivity index (χ0v) is 19.2. The first-order valence-corrected chi connectivity index (χ1v) is 11.2. The zero-order valence-electron chi connectivity index (χ0n) is 18.4. The molecule has 1 aromatic carbocycles. The summed E-state index contributed by atoms with van der Waals surface area (Å²) in [7, 11) is 0. The van der Waals surface area contributed by atoms with Crippen molar-refractivity contribution in [3.8, 4) is 16.9 Å². The van der Waals surface area contributed by atoms with E-state index in [0.29, 0.717) is 21.3 Å². The summed E-state index contributed by atoms with van der Waals surface area (Å²) in [6.45, 7) is 2.27. The van der Waals surface area contributed by atoms with Crippen molar-refractivity contribution in [2.45, 2.75) is 44.0 Å². The molecule has 6 nitrogen and oxygen atoms in total. The van der Waals surface area contributed by atoms with E-state index in [9.17, 15) is 28.2 Å². The summed E-state index contributed by atoms with van der Waals surface area (Å²) in [5.41, 5.74) is -2.88. The Bertz CT molecular complexity index is 1380. The Morgan fingerprint density at radius 2 is 1.76 bits per heavy atom. The summed E-state index contributed by atoms with van der Waals surface area (Å²) in [5, 5.41) is 23.2. The van der Waals surface area contributed by atoms with Crippen LogP contribution in [0.15, 0.2) is 65.4 Å². The number of hydrogen-bond acceptors (Lipinski definition) is 6. The molecule has 1 unspecified atom stereocenters. The van der Waals surface area contributed by atoms with Gasteiger partial charge in [-0.3, -0.25) is 4.79 Å². The molecule has 3 heterocycles. The lowest BCUT2D eigenvalue weighted by molar-refractivity contribution is -0.271. The van der Waals surface area contributed by atoms with Crippen molar-refractivity contribution in [1.82, 2.24) is 14.5 Å². The Morgan fingerprint density at radius 3 is 2.44 bits per heavy atom. The van der Waals surface area contributed by atoms with E-state index in [-0.39, 0.29) is 16.7 Å². The predicted molar refractivity (Wildman–Crippen MR) is 124 cm³/mol. The van der Waals surface area contributed by atoms with Crippen LogP contribution in [-0.2, 0) is 12.0 Å². The Labute approximate surface area is 197 Å². The number of aromatic nitrogens is 3. The van der Waals surface area contributed by atoms with E-state index < -0.39 is 30.2 Å². The fourth-order valence-corrected chi connectivity index (χ4v) is 5.05. The number of halogens is 3. The highest BCUT2D eigenvalue weighted by atomic mass is 32.1. The van der Waals surface area contributed by atoms with Gasteiger partial charge >= 0.3 is 6.18 Å². The van der Waals surface area contributed by atoms with E-state index in [2.05, 4.69) is 9.97 Å². The highest BCUT2D eigenvalue weighted by Gasteiger charge is 2.56. The number of hydrogen-bond donors (Lipinski definition) is 2. The molecule has 178 valence electrons. The second-order valence-corrected chi connectivity index (χ2v) is 9.81. The molecule has 0 bridgehead atoms. The molecule has 4 aromatic rings. The van der Waals surface area contributed by atoms with Gasteiger partial charge in [-0.05, 0) is 41.0 Å². The highest BCUT2D eigenvalue weighted by molar-refractivity contribution is 7.17. The first kappa shape index (κ1) is 23.9. The molecule has 0 spiro atoms. The first-order chi connectivity index (χ1) is 15.9. The number of nitrogens with zero attached hydrogens (tertiary/aromatic N) is 3. The molecule has 0 saturated heterocycles. The van der Waals surface area contributed by atoms with Crippen molar-refractivity contribution in [2.24, 2.45) is 0 Å². The number of phenolic OH excluding ortho intramolecular Hbond substituents is 1. The minimum atomic E-state index is -4.98. The van der Waals surface area contributed by atoms with Gasteiger partial charge in [0.25, 0.3) is 0 Å². The molecule has 0 aliphatic heterocycles. The van der Waals surface area contributed by atoms with Gasteiger partial charge in [0.15, 0.2) is 11.0 Å². The normalized spacial score (nSPS) is 14.3. The second-order valence-electron chi connectivity index (χ2n) is 8.89. The fraction of sp³-hybridized carbons (Fsp3) is 0.292. The van der Waals surface area contributed by atoms with Gasteiger partial charge < -0.3 is 14.8 Å². The monoisotopic (exact) mass is 489 g/mol. The van der Waals surface area contributed by atoms with Crippen molar-refractivity contribution in [3.05, 3.63) is 76.4 Å². The van der Waals surface area contributed by atoms with E-state index in [1.54, 1.807) is 36.0 Å². The topological polar surface area (TPSA) is 88.2 Å². The highest BCUT2D eigenvalue weighted by Crippen LogP contribution is 2.45. The molecule has 4 rings (SSSR count). The molecular formula is C24H22F3N3O3S. The van der Waals surface area contributed by atoms with Crippen LogP contribution >= 0.6 is 11.3 Å². The third-order valence-corrected chi connectivity index (χ3v) is 6.82. The number of pyridine rings is 1. The molecular weight excluding hydrogens is 467 g/mol. The van der Waals surface area contributed by atoms with Crippen molar-refractivity contribution in [3.63, 3.8) is 0 Å². The summed E-state index contributed by atoms with van der Waals surface area (Å²) in [6, 6.07) is 7.36. The molecule has 34 heavy (non-hydrogen) atoms. The minimum absolute atomic E-state index is 0.182. The Hall–Kier alpha value is -3.24. The van der Waals surface area contributed by atoms with Gasteiger partial charge in [-0.1, -0.05) is 19.9 Å². The van der Waals surface area contributed by atoms with Gasteiger partial charge in [0, 0.05) is 35.8 Å². The van der Waals surface area contributed by atoms with Gasteiger partial charge in [-0.2, -0.15) is 13.2 Å². The summed E-state index contributed by atoms with van der Waals surface area (Å²) in [4.78, 5) is 19.9. The van der Waals surface area contributed by atoms with Crippen molar-refractivity contribution in [1.29, 1.82) is 0 Å². The molecule has 3 aromatic heterocycles. The number of benzene rings is 1. The van der Waals surface area contributed by atoms with E-state index in [0.717, 1.165) is 11.3 Å². The third-order valence-electron chi connectivity index (χ3n) is 5.90. The second kappa shape index (κ2) is 8.52. The third kappa shape index (κ3) is 4.43. The number of phenols is 1. The number of alkyl halides is 3. The molecule has 0 amide bonds. The molecule has 2 N–H and O–H groups in total. The number of thiophene rings is 1. The van der Waals surface area contributed by atoms with E-state index in [1.807, 2.05) is 0 Å². The number of aromatic hydroxyl groups is 1. The van der Waals surface area contributed by atoms with Crippen LogP contribution in [0, 0.1) is 0 Å². The maximum absolute atomic E-state index is 14.3. The predicted octanol–water partition coefficient (Wildman–Crippen LogP) is 4.89. The first-order valence-electron chi connectivity index (χ1n) is 10.4. The lowest BCUT2D eigenvalue weighted by Gasteiger charge is -2.38. The maximum atomic E-state index is 14.3. The summed E-state index contributed by atoms with van der Waals surface area (Å²) < 4.78 is 44.4. The SMILES string of the molecule is CC(C)(CC(O)(Cn1ccc(=O)c2sccc21)C(F)(F)F)c1cc(-c2cncnc2)ccc1O. The molecule has 1 atom stereocenters. The average Bonchev–Trinajstić information content (AvgIpc) is 3.27. The maximum Gasteiger partial charge on any atom is 0.418 e. The lowest BCUT2D eigenvalue weighted by atomic mass is 9.74. The van der Waals surface area contributed by atoms with Crippen molar-refractivity contribution < 1.29 is 23.4 Å². The number of fused-ring (bicyclic) bond motifs is 1. The summed E-state index contributed by atoms with van der Waals surface area (Å²) in [5.74, 6) is -0.182. The van der Waals surface area contributed by atoms with Crippen LogP contribution in [0.1, 0.15) is 25.8 Å². The van der Waals surface area contributed by atoms with Gasteiger partial charge in [0.2, 0.25) is 0 Å². The molecule has 0 aliphatic carbocycles. The number of aliphatic hydroxyl groups is 1. The van der Waals surface area contributed by atoms with E-state index in [1.165, 1.54) is 43.1 Å². The van der Waals surface area contributed by atoms with Gasteiger partial charge in [-0.15, -0.1) is 11.3 Å². The summed E-state index contributed by atoms with van der Waals surface area (Å²) >= 11 is 1.13.